The molecule has 144 valence electrons. The Morgan fingerprint density at radius 2 is 1.85 bits per heavy atom. The maximum Gasteiger partial charge on any atom is 0.358 e. The smallest absolute Gasteiger partial charge is 0.358 e. The highest BCUT2D eigenvalue weighted by atomic mass is 16.5. The molecule has 1 amide bonds. The number of aryl methyl sites for hydroxylation is 1. The number of rotatable bonds is 6. The summed E-state index contributed by atoms with van der Waals surface area (Å²) in [6, 6.07) is 9.33. The van der Waals surface area contributed by atoms with Crippen LogP contribution in [-0.4, -0.2) is 46.3 Å². The van der Waals surface area contributed by atoms with Gasteiger partial charge in [0.2, 0.25) is 0 Å². The highest BCUT2D eigenvalue weighted by Gasteiger charge is 2.18. The Labute approximate surface area is 159 Å². The number of ether oxygens (including phenoxy) is 1. The number of hydrogen-bond donors (Lipinski definition) is 1. The number of carbonyl (C=O) groups is 2. The van der Waals surface area contributed by atoms with Crippen molar-refractivity contribution >= 4 is 17.6 Å². The fourth-order valence-electron chi connectivity index (χ4n) is 3.25. The predicted molar refractivity (Wildman–Crippen MR) is 103 cm³/mol. The number of amides is 1. The van der Waals surface area contributed by atoms with E-state index in [2.05, 4.69) is 15.3 Å². The van der Waals surface area contributed by atoms with E-state index in [9.17, 15) is 9.59 Å². The summed E-state index contributed by atoms with van der Waals surface area (Å²) in [7, 11) is 1.62. The third-order valence-corrected chi connectivity index (χ3v) is 4.66. The van der Waals surface area contributed by atoms with Gasteiger partial charge in [0.25, 0.3) is 5.91 Å². The van der Waals surface area contributed by atoms with Crippen molar-refractivity contribution in [1.29, 1.82) is 0 Å². The van der Waals surface area contributed by atoms with Crippen LogP contribution < -0.4 is 5.32 Å². The Bertz CT molecular complexity index is 792. The van der Waals surface area contributed by atoms with E-state index in [1.54, 1.807) is 14.0 Å². The Morgan fingerprint density at radius 3 is 2.52 bits per heavy atom. The number of nitrogens with zero attached hydrogens (tertiary/aromatic N) is 3. The molecule has 1 saturated heterocycles. The Kier molecular flexibility index (Phi) is 6.24. The molecule has 0 unspecified atom stereocenters. The van der Waals surface area contributed by atoms with Gasteiger partial charge in [-0.05, 0) is 50.6 Å². The van der Waals surface area contributed by atoms with E-state index in [0.29, 0.717) is 11.4 Å². The number of benzene rings is 1. The van der Waals surface area contributed by atoms with Gasteiger partial charge in [0, 0.05) is 25.3 Å². The molecule has 2 aromatic rings. The molecule has 1 aromatic carbocycles. The van der Waals surface area contributed by atoms with Crippen LogP contribution in [0, 0.1) is 0 Å². The van der Waals surface area contributed by atoms with E-state index >= 15 is 0 Å². The van der Waals surface area contributed by atoms with Gasteiger partial charge in [-0.25, -0.2) is 4.79 Å². The SMILES string of the molecule is CCOC(=O)c1cc(C(=O)Nc2ccc(CN3CCCCC3)cc2)n(C)n1. The van der Waals surface area contributed by atoms with Gasteiger partial charge < -0.3 is 10.1 Å². The zero-order valence-corrected chi connectivity index (χ0v) is 15.9. The maximum atomic E-state index is 12.5. The topological polar surface area (TPSA) is 76.5 Å². The third kappa shape index (κ3) is 4.95. The quantitative estimate of drug-likeness (QED) is 0.791. The number of carbonyl (C=O) groups excluding carboxylic acids is 2. The van der Waals surface area contributed by atoms with Crippen LogP contribution >= 0.6 is 0 Å². The second kappa shape index (κ2) is 8.81. The fourth-order valence-corrected chi connectivity index (χ4v) is 3.25. The Hall–Kier alpha value is -2.67. The molecule has 7 heteroatoms. The van der Waals surface area contributed by atoms with Crippen LogP contribution in [0.25, 0.3) is 0 Å². The molecule has 0 spiro atoms. The van der Waals surface area contributed by atoms with Crippen LogP contribution in [-0.2, 0) is 18.3 Å². The average Bonchev–Trinajstić information content (AvgIpc) is 3.06. The maximum absolute atomic E-state index is 12.5. The molecule has 27 heavy (non-hydrogen) atoms. The Balaban J connectivity index is 1.61. The molecule has 0 aliphatic carbocycles. The molecule has 0 saturated carbocycles. The van der Waals surface area contributed by atoms with Gasteiger partial charge in [0.05, 0.1) is 6.61 Å². The number of esters is 1. The van der Waals surface area contributed by atoms with Crippen LogP contribution in [0.4, 0.5) is 5.69 Å². The summed E-state index contributed by atoms with van der Waals surface area (Å²) in [5, 5.41) is 6.90. The lowest BCUT2D eigenvalue weighted by molar-refractivity contribution is 0.0518. The molecular weight excluding hydrogens is 344 g/mol. The van der Waals surface area contributed by atoms with Crippen LogP contribution in [0.3, 0.4) is 0 Å². The van der Waals surface area contributed by atoms with E-state index in [0.717, 1.165) is 19.6 Å². The van der Waals surface area contributed by atoms with Gasteiger partial charge in [0.1, 0.15) is 5.69 Å². The first kappa shape index (κ1) is 19.1. The number of anilines is 1. The second-order valence-corrected chi connectivity index (χ2v) is 6.75. The normalized spacial score (nSPS) is 14.7. The molecule has 3 rings (SSSR count). The number of piperidine rings is 1. The standard InChI is InChI=1S/C20H26N4O3/c1-3-27-20(26)17-13-18(23(2)22-17)19(25)21-16-9-7-15(8-10-16)14-24-11-5-4-6-12-24/h7-10,13H,3-6,11-12,14H2,1-2H3,(H,21,25). The first-order valence-electron chi connectivity index (χ1n) is 9.40. The van der Waals surface area contributed by atoms with Gasteiger partial charge >= 0.3 is 5.97 Å². The van der Waals surface area contributed by atoms with Crippen molar-refractivity contribution in [2.75, 3.05) is 25.0 Å². The summed E-state index contributed by atoms with van der Waals surface area (Å²) in [6.45, 7) is 5.24. The van der Waals surface area contributed by atoms with E-state index in [4.69, 9.17) is 4.74 Å². The van der Waals surface area contributed by atoms with E-state index in [-0.39, 0.29) is 18.2 Å². The van der Waals surface area contributed by atoms with Crippen LogP contribution in [0.1, 0.15) is 52.7 Å². The van der Waals surface area contributed by atoms with Crippen molar-refractivity contribution in [1.82, 2.24) is 14.7 Å². The van der Waals surface area contributed by atoms with E-state index in [1.807, 2.05) is 24.3 Å². The van der Waals surface area contributed by atoms with Gasteiger partial charge in [-0.1, -0.05) is 18.6 Å². The summed E-state index contributed by atoms with van der Waals surface area (Å²) in [5.41, 5.74) is 2.37. The summed E-state index contributed by atoms with van der Waals surface area (Å²) >= 11 is 0. The molecule has 2 heterocycles. The first-order valence-corrected chi connectivity index (χ1v) is 9.40. The van der Waals surface area contributed by atoms with Crippen LogP contribution in [0.5, 0.6) is 0 Å². The molecule has 7 nitrogen and oxygen atoms in total. The molecule has 0 bridgehead atoms. The molecular formula is C20H26N4O3. The number of likely N-dealkylation sites (tertiary alicyclic amines) is 1. The second-order valence-electron chi connectivity index (χ2n) is 6.75. The van der Waals surface area contributed by atoms with Crippen molar-refractivity contribution in [3.8, 4) is 0 Å². The molecule has 1 aliphatic rings. The van der Waals surface area contributed by atoms with Crippen molar-refractivity contribution in [2.45, 2.75) is 32.7 Å². The molecule has 1 aliphatic heterocycles. The molecule has 1 fully saturated rings. The lowest BCUT2D eigenvalue weighted by atomic mass is 10.1. The largest absolute Gasteiger partial charge is 0.461 e. The number of aromatic nitrogens is 2. The first-order chi connectivity index (χ1) is 13.1. The number of nitrogens with one attached hydrogen (secondary N) is 1. The highest BCUT2D eigenvalue weighted by molar-refractivity contribution is 6.04. The van der Waals surface area contributed by atoms with Crippen molar-refractivity contribution < 1.29 is 14.3 Å². The Morgan fingerprint density at radius 1 is 1.15 bits per heavy atom. The van der Waals surface area contributed by atoms with Crippen LogP contribution in [0.2, 0.25) is 0 Å². The van der Waals surface area contributed by atoms with Crippen molar-refractivity contribution in [3.05, 3.63) is 47.3 Å². The minimum Gasteiger partial charge on any atom is -0.461 e. The lowest BCUT2D eigenvalue weighted by Gasteiger charge is -2.26. The zero-order chi connectivity index (χ0) is 19.2. The lowest BCUT2D eigenvalue weighted by Crippen LogP contribution is -2.29. The summed E-state index contributed by atoms with van der Waals surface area (Å²) in [4.78, 5) is 26.7. The predicted octanol–water partition coefficient (Wildman–Crippen LogP) is 2.84. The summed E-state index contributed by atoms with van der Waals surface area (Å²) in [5.74, 6) is -0.849. The van der Waals surface area contributed by atoms with Crippen LogP contribution in [0.15, 0.2) is 30.3 Å². The van der Waals surface area contributed by atoms with Gasteiger partial charge in [-0.2, -0.15) is 5.10 Å². The zero-order valence-electron chi connectivity index (χ0n) is 15.9. The van der Waals surface area contributed by atoms with Gasteiger partial charge in [0.15, 0.2) is 5.69 Å². The summed E-state index contributed by atoms with van der Waals surface area (Å²) in [6.07, 6.45) is 3.87. The van der Waals surface area contributed by atoms with Gasteiger partial charge in [-0.3, -0.25) is 14.4 Å². The van der Waals surface area contributed by atoms with Crippen molar-refractivity contribution in [2.24, 2.45) is 7.05 Å². The number of hydrogen-bond acceptors (Lipinski definition) is 5. The van der Waals surface area contributed by atoms with Gasteiger partial charge in [-0.15, -0.1) is 0 Å². The highest BCUT2D eigenvalue weighted by Crippen LogP contribution is 2.16. The monoisotopic (exact) mass is 370 g/mol. The third-order valence-electron chi connectivity index (χ3n) is 4.66. The summed E-state index contributed by atoms with van der Waals surface area (Å²) < 4.78 is 6.30. The molecule has 1 N–H and O–H groups in total. The van der Waals surface area contributed by atoms with E-state index in [1.165, 1.54) is 35.6 Å². The molecule has 1 aromatic heterocycles. The van der Waals surface area contributed by atoms with Crippen molar-refractivity contribution in [3.63, 3.8) is 0 Å². The molecule has 0 radical (unpaired) electrons. The molecule has 0 atom stereocenters. The minimum absolute atomic E-state index is 0.126. The fraction of sp³-hybridized carbons (Fsp3) is 0.450. The van der Waals surface area contributed by atoms with E-state index < -0.39 is 5.97 Å². The average molecular weight is 370 g/mol. The minimum atomic E-state index is -0.533.